The van der Waals surface area contributed by atoms with E-state index in [0.29, 0.717) is 18.5 Å². The molecule has 0 aliphatic rings. The van der Waals surface area contributed by atoms with Gasteiger partial charge in [-0.25, -0.2) is 4.79 Å². The van der Waals surface area contributed by atoms with Gasteiger partial charge in [0.25, 0.3) is 5.69 Å². The second-order valence-corrected chi connectivity index (χ2v) is 6.14. The summed E-state index contributed by atoms with van der Waals surface area (Å²) >= 11 is 0. The molecule has 7 nitrogen and oxygen atoms in total. The number of amides is 2. The standard InChI is InChI=1S/C15H23N3O4/c1-11(19)8-15(2,3)10-17-14(20)16-9-12-6-4-5-7-13(12)18(21)22/h4-7,11,19H,8-10H2,1-3H3,(H2,16,17,20). The zero-order chi connectivity index (χ0) is 16.8. The molecule has 0 heterocycles. The first-order valence-electron chi connectivity index (χ1n) is 7.13. The number of nitro benzene ring substituents is 1. The molecule has 1 aromatic carbocycles. The van der Waals surface area contributed by atoms with Crippen LogP contribution >= 0.6 is 0 Å². The Morgan fingerprint density at radius 1 is 1.36 bits per heavy atom. The molecular weight excluding hydrogens is 286 g/mol. The number of hydrogen-bond donors (Lipinski definition) is 3. The van der Waals surface area contributed by atoms with E-state index in [-0.39, 0.29) is 17.6 Å². The third kappa shape index (κ3) is 6.09. The first-order chi connectivity index (χ1) is 10.2. The number of carbonyl (C=O) groups excluding carboxylic acids is 1. The predicted molar refractivity (Wildman–Crippen MR) is 83.4 cm³/mol. The maximum absolute atomic E-state index is 11.8. The summed E-state index contributed by atoms with van der Waals surface area (Å²) in [5.74, 6) is 0. The van der Waals surface area contributed by atoms with Crippen molar-refractivity contribution in [1.82, 2.24) is 10.6 Å². The second kappa shape index (κ2) is 7.74. The van der Waals surface area contributed by atoms with Crippen LogP contribution in [0.1, 0.15) is 32.8 Å². The van der Waals surface area contributed by atoms with Crippen LogP contribution in [0.2, 0.25) is 0 Å². The first-order valence-corrected chi connectivity index (χ1v) is 7.13. The molecular formula is C15H23N3O4. The van der Waals surface area contributed by atoms with Gasteiger partial charge in [0, 0.05) is 18.2 Å². The van der Waals surface area contributed by atoms with Crippen molar-refractivity contribution >= 4 is 11.7 Å². The van der Waals surface area contributed by atoms with Crippen molar-refractivity contribution in [1.29, 1.82) is 0 Å². The van der Waals surface area contributed by atoms with Crippen LogP contribution in [0.4, 0.5) is 10.5 Å². The van der Waals surface area contributed by atoms with E-state index in [2.05, 4.69) is 10.6 Å². The summed E-state index contributed by atoms with van der Waals surface area (Å²) in [5.41, 5.74) is 0.202. The molecule has 0 saturated heterocycles. The van der Waals surface area contributed by atoms with Crippen molar-refractivity contribution in [3.63, 3.8) is 0 Å². The molecule has 0 bridgehead atoms. The summed E-state index contributed by atoms with van der Waals surface area (Å²) in [6.07, 6.45) is 0.129. The van der Waals surface area contributed by atoms with Crippen molar-refractivity contribution in [2.75, 3.05) is 6.54 Å². The van der Waals surface area contributed by atoms with Crippen LogP contribution in [-0.4, -0.2) is 28.7 Å². The quantitative estimate of drug-likeness (QED) is 0.530. The third-order valence-corrected chi connectivity index (χ3v) is 3.20. The molecule has 3 N–H and O–H groups in total. The zero-order valence-corrected chi connectivity index (χ0v) is 13.1. The summed E-state index contributed by atoms with van der Waals surface area (Å²) in [6.45, 7) is 6.08. The molecule has 0 spiro atoms. The van der Waals surface area contributed by atoms with E-state index in [1.54, 1.807) is 25.1 Å². The van der Waals surface area contributed by atoms with E-state index >= 15 is 0 Å². The van der Waals surface area contributed by atoms with Crippen molar-refractivity contribution < 1.29 is 14.8 Å². The fourth-order valence-electron chi connectivity index (χ4n) is 2.27. The number of urea groups is 1. The highest BCUT2D eigenvalue weighted by Gasteiger charge is 2.21. The van der Waals surface area contributed by atoms with E-state index in [4.69, 9.17) is 0 Å². The summed E-state index contributed by atoms with van der Waals surface area (Å²) in [7, 11) is 0. The van der Waals surface area contributed by atoms with Crippen LogP contribution in [0.3, 0.4) is 0 Å². The Hall–Kier alpha value is -2.15. The van der Waals surface area contributed by atoms with Gasteiger partial charge in [0.1, 0.15) is 0 Å². The maximum atomic E-state index is 11.8. The van der Waals surface area contributed by atoms with Crippen molar-refractivity contribution in [2.24, 2.45) is 5.41 Å². The lowest BCUT2D eigenvalue weighted by Gasteiger charge is -2.26. The van der Waals surface area contributed by atoms with Gasteiger partial charge in [-0.1, -0.05) is 32.0 Å². The van der Waals surface area contributed by atoms with Gasteiger partial charge in [0.05, 0.1) is 17.6 Å². The number of nitrogens with one attached hydrogen (secondary N) is 2. The van der Waals surface area contributed by atoms with Gasteiger partial charge in [-0.15, -0.1) is 0 Å². The average molecular weight is 309 g/mol. The number of aliphatic hydroxyl groups excluding tert-OH is 1. The van der Waals surface area contributed by atoms with Crippen LogP contribution in [0.5, 0.6) is 0 Å². The van der Waals surface area contributed by atoms with Gasteiger partial charge in [-0.05, 0) is 18.8 Å². The molecule has 2 amide bonds. The molecule has 0 saturated carbocycles. The zero-order valence-electron chi connectivity index (χ0n) is 13.1. The maximum Gasteiger partial charge on any atom is 0.315 e. The number of nitro groups is 1. The van der Waals surface area contributed by atoms with E-state index < -0.39 is 17.1 Å². The third-order valence-electron chi connectivity index (χ3n) is 3.20. The molecule has 1 atom stereocenters. The lowest BCUT2D eigenvalue weighted by molar-refractivity contribution is -0.385. The Labute approximate surface area is 129 Å². The number of aliphatic hydroxyl groups is 1. The highest BCUT2D eigenvalue weighted by Crippen LogP contribution is 2.21. The SMILES string of the molecule is CC(O)CC(C)(C)CNC(=O)NCc1ccccc1[N+](=O)[O-]. The van der Waals surface area contributed by atoms with Crippen molar-refractivity contribution in [3.05, 3.63) is 39.9 Å². The first kappa shape index (κ1) is 17.9. The van der Waals surface area contributed by atoms with Crippen LogP contribution in [0, 0.1) is 15.5 Å². The van der Waals surface area contributed by atoms with Gasteiger partial charge in [-0.3, -0.25) is 10.1 Å². The summed E-state index contributed by atoms with van der Waals surface area (Å²) in [4.78, 5) is 22.2. The highest BCUT2D eigenvalue weighted by molar-refractivity contribution is 5.74. The van der Waals surface area contributed by atoms with E-state index in [1.807, 2.05) is 13.8 Å². The highest BCUT2D eigenvalue weighted by atomic mass is 16.6. The molecule has 0 aliphatic carbocycles. The number of carbonyl (C=O) groups is 1. The van der Waals surface area contributed by atoms with E-state index in [1.165, 1.54) is 6.07 Å². The normalized spacial score (nSPS) is 12.5. The molecule has 1 aromatic rings. The van der Waals surface area contributed by atoms with Crippen molar-refractivity contribution in [3.8, 4) is 0 Å². The van der Waals surface area contributed by atoms with Gasteiger partial charge in [-0.2, -0.15) is 0 Å². The monoisotopic (exact) mass is 309 g/mol. The van der Waals surface area contributed by atoms with Gasteiger partial charge in [0.2, 0.25) is 0 Å². The van der Waals surface area contributed by atoms with E-state index in [9.17, 15) is 20.0 Å². The smallest absolute Gasteiger partial charge is 0.315 e. The molecule has 0 fully saturated rings. The summed E-state index contributed by atoms with van der Waals surface area (Å²) in [6, 6.07) is 5.89. The van der Waals surface area contributed by atoms with Gasteiger partial charge >= 0.3 is 6.03 Å². The minimum atomic E-state index is -0.472. The Bertz CT molecular complexity index is 529. The largest absolute Gasteiger partial charge is 0.393 e. The number of rotatable bonds is 7. The molecule has 1 unspecified atom stereocenters. The van der Waals surface area contributed by atoms with E-state index in [0.717, 1.165) is 0 Å². The lowest BCUT2D eigenvalue weighted by Crippen LogP contribution is -2.41. The molecule has 122 valence electrons. The molecule has 7 heteroatoms. The topological polar surface area (TPSA) is 104 Å². The van der Waals surface area contributed by atoms with Gasteiger partial charge in [0.15, 0.2) is 0 Å². The minimum absolute atomic E-state index is 0.0164. The predicted octanol–water partition coefficient (Wildman–Crippen LogP) is 2.19. The summed E-state index contributed by atoms with van der Waals surface area (Å²) < 4.78 is 0. The van der Waals surface area contributed by atoms with Crippen LogP contribution in [0.15, 0.2) is 24.3 Å². The second-order valence-electron chi connectivity index (χ2n) is 6.14. The Morgan fingerprint density at radius 2 is 2.00 bits per heavy atom. The van der Waals surface area contributed by atoms with Crippen molar-refractivity contribution in [2.45, 2.75) is 39.8 Å². The van der Waals surface area contributed by atoms with Gasteiger partial charge < -0.3 is 15.7 Å². The van der Waals surface area contributed by atoms with Crippen LogP contribution in [-0.2, 0) is 6.54 Å². The summed E-state index contributed by atoms with van der Waals surface area (Å²) in [5, 5.41) is 25.6. The fraction of sp³-hybridized carbons (Fsp3) is 0.533. The number of benzene rings is 1. The molecule has 1 rings (SSSR count). The molecule has 0 aromatic heterocycles. The number of hydrogen-bond acceptors (Lipinski definition) is 4. The molecule has 0 radical (unpaired) electrons. The number of para-hydroxylation sites is 1. The Balaban J connectivity index is 2.49. The Morgan fingerprint density at radius 3 is 2.59 bits per heavy atom. The Kier molecular flexibility index (Phi) is 6.30. The van der Waals surface area contributed by atoms with Crippen LogP contribution < -0.4 is 10.6 Å². The number of nitrogens with zero attached hydrogens (tertiary/aromatic N) is 1. The molecule has 22 heavy (non-hydrogen) atoms. The molecule has 0 aliphatic heterocycles. The lowest BCUT2D eigenvalue weighted by atomic mass is 9.87. The average Bonchev–Trinajstić information content (AvgIpc) is 2.42. The van der Waals surface area contributed by atoms with Crippen LogP contribution in [0.25, 0.3) is 0 Å². The minimum Gasteiger partial charge on any atom is -0.393 e. The fourth-order valence-corrected chi connectivity index (χ4v) is 2.27.